The Morgan fingerprint density at radius 2 is 1.95 bits per heavy atom. The first kappa shape index (κ1) is 14.7. The molecule has 3 nitrogen and oxygen atoms in total. The Bertz CT molecular complexity index is 614. The summed E-state index contributed by atoms with van der Waals surface area (Å²) >= 11 is 6.11. The molecule has 1 aromatic heterocycles. The molecule has 0 aliphatic carbocycles. The molecule has 0 bridgehead atoms. The number of anilines is 1. The number of halogens is 2. The minimum Gasteiger partial charge on any atom is -0.366 e. The van der Waals surface area contributed by atoms with Crippen molar-refractivity contribution in [3.8, 4) is 0 Å². The van der Waals surface area contributed by atoms with E-state index in [-0.39, 0.29) is 11.7 Å². The van der Waals surface area contributed by atoms with Crippen LogP contribution in [0.25, 0.3) is 0 Å². The van der Waals surface area contributed by atoms with Crippen molar-refractivity contribution in [1.29, 1.82) is 0 Å². The molecule has 20 heavy (non-hydrogen) atoms. The van der Waals surface area contributed by atoms with Crippen molar-refractivity contribution in [3.63, 3.8) is 0 Å². The smallest absolute Gasteiger partial charge is 0.137 e. The van der Waals surface area contributed by atoms with E-state index in [1.807, 2.05) is 20.8 Å². The molecule has 0 aliphatic heterocycles. The van der Waals surface area contributed by atoms with Gasteiger partial charge in [-0.15, -0.1) is 0 Å². The highest BCUT2D eigenvalue weighted by molar-refractivity contribution is 6.30. The molecule has 0 amide bonds. The molecule has 0 spiro atoms. The number of hydrogen-bond donors (Lipinski definition) is 1. The Labute approximate surface area is 123 Å². The van der Waals surface area contributed by atoms with Gasteiger partial charge in [0.1, 0.15) is 22.6 Å². The molecule has 0 atom stereocenters. The molecule has 1 heterocycles. The van der Waals surface area contributed by atoms with Crippen molar-refractivity contribution in [2.45, 2.75) is 33.2 Å². The number of aromatic nitrogens is 2. The standard InChI is InChI=1S/C15H17ClFN3/c1-9(2)14-19-13(16)10(3)15(20-14)18-8-11-6-4-5-7-12(11)17/h4-7,9H,8H2,1-3H3,(H,18,19,20). The van der Waals surface area contributed by atoms with E-state index in [1.54, 1.807) is 18.2 Å². The van der Waals surface area contributed by atoms with Gasteiger partial charge in [-0.05, 0) is 13.0 Å². The summed E-state index contributed by atoms with van der Waals surface area (Å²) in [5.41, 5.74) is 1.36. The minimum absolute atomic E-state index is 0.183. The van der Waals surface area contributed by atoms with Crippen LogP contribution in [0.1, 0.15) is 36.7 Å². The average Bonchev–Trinajstić information content (AvgIpc) is 2.41. The summed E-state index contributed by atoms with van der Waals surface area (Å²) in [5, 5.41) is 3.56. The van der Waals surface area contributed by atoms with Crippen LogP contribution in [0.4, 0.5) is 10.2 Å². The predicted octanol–water partition coefficient (Wildman–Crippen LogP) is 4.31. The highest BCUT2D eigenvalue weighted by atomic mass is 35.5. The average molecular weight is 294 g/mol. The summed E-state index contributed by atoms with van der Waals surface area (Å²) in [6.07, 6.45) is 0. The van der Waals surface area contributed by atoms with Crippen LogP contribution in [0.5, 0.6) is 0 Å². The molecule has 1 N–H and O–H groups in total. The fourth-order valence-corrected chi connectivity index (χ4v) is 1.93. The maximum atomic E-state index is 13.6. The van der Waals surface area contributed by atoms with Gasteiger partial charge < -0.3 is 5.32 Å². The molecule has 0 radical (unpaired) electrons. The van der Waals surface area contributed by atoms with Gasteiger partial charge in [0.15, 0.2) is 0 Å². The topological polar surface area (TPSA) is 37.8 Å². The molecule has 106 valence electrons. The van der Waals surface area contributed by atoms with Gasteiger partial charge in [0.25, 0.3) is 0 Å². The monoisotopic (exact) mass is 293 g/mol. The van der Waals surface area contributed by atoms with Gasteiger partial charge in [0.05, 0.1) is 0 Å². The number of nitrogens with one attached hydrogen (secondary N) is 1. The van der Waals surface area contributed by atoms with Gasteiger partial charge >= 0.3 is 0 Å². The van der Waals surface area contributed by atoms with Crippen molar-refractivity contribution >= 4 is 17.4 Å². The largest absolute Gasteiger partial charge is 0.366 e. The Morgan fingerprint density at radius 1 is 1.25 bits per heavy atom. The normalized spacial score (nSPS) is 10.9. The second-order valence-electron chi connectivity index (χ2n) is 4.95. The van der Waals surface area contributed by atoms with E-state index in [4.69, 9.17) is 11.6 Å². The first-order valence-corrected chi connectivity index (χ1v) is 6.88. The van der Waals surface area contributed by atoms with E-state index in [0.717, 1.165) is 5.56 Å². The lowest BCUT2D eigenvalue weighted by molar-refractivity contribution is 0.612. The van der Waals surface area contributed by atoms with Crippen molar-refractivity contribution < 1.29 is 4.39 Å². The first-order valence-electron chi connectivity index (χ1n) is 6.50. The Kier molecular flexibility index (Phi) is 4.55. The Morgan fingerprint density at radius 3 is 2.60 bits per heavy atom. The van der Waals surface area contributed by atoms with Crippen LogP contribution >= 0.6 is 11.6 Å². The fourth-order valence-electron chi connectivity index (χ4n) is 1.76. The predicted molar refractivity (Wildman–Crippen MR) is 79.6 cm³/mol. The van der Waals surface area contributed by atoms with Crippen LogP contribution in [0.15, 0.2) is 24.3 Å². The molecule has 0 fully saturated rings. The van der Waals surface area contributed by atoms with Crippen molar-refractivity contribution in [1.82, 2.24) is 9.97 Å². The number of rotatable bonds is 4. The maximum absolute atomic E-state index is 13.6. The van der Waals surface area contributed by atoms with Gasteiger partial charge in [-0.25, -0.2) is 14.4 Å². The summed E-state index contributed by atoms with van der Waals surface area (Å²) < 4.78 is 13.6. The Balaban J connectivity index is 2.23. The molecular weight excluding hydrogens is 277 g/mol. The van der Waals surface area contributed by atoms with Gasteiger partial charge in [0.2, 0.25) is 0 Å². The van der Waals surface area contributed by atoms with Crippen LogP contribution in [0.3, 0.4) is 0 Å². The highest BCUT2D eigenvalue weighted by Crippen LogP contribution is 2.23. The molecule has 0 unspecified atom stereocenters. The van der Waals surface area contributed by atoms with E-state index in [2.05, 4.69) is 15.3 Å². The zero-order valence-electron chi connectivity index (χ0n) is 11.7. The van der Waals surface area contributed by atoms with E-state index >= 15 is 0 Å². The quantitative estimate of drug-likeness (QED) is 0.854. The summed E-state index contributed by atoms with van der Waals surface area (Å²) in [4.78, 5) is 8.69. The zero-order valence-corrected chi connectivity index (χ0v) is 12.5. The van der Waals surface area contributed by atoms with Crippen LogP contribution in [-0.2, 0) is 6.54 Å². The van der Waals surface area contributed by atoms with Gasteiger partial charge in [-0.2, -0.15) is 0 Å². The van der Waals surface area contributed by atoms with Crippen LogP contribution < -0.4 is 5.32 Å². The Hall–Kier alpha value is -1.68. The summed E-state index contributed by atoms with van der Waals surface area (Å²) in [7, 11) is 0. The van der Waals surface area contributed by atoms with E-state index < -0.39 is 0 Å². The van der Waals surface area contributed by atoms with Crippen molar-refractivity contribution in [3.05, 3.63) is 52.2 Å². The third kappa shape index (κ3) is 3.25. The SMILES string of the molecule is Cc1c(Cl)nc(C(C)C)nc1NCc1ccccc1F. The molecule has 2 aromatic rings. The highest BCUT2D eigenvalue weighted by Gasteiger charge is 2.12. The second kappa shape index (κ2) is 6.18. The van der Waals surface area contributed by atoms with Gasteiger partial charge in [0, 0.05) is 23.6 Å². The molecule has 1 aromatic carbocycles. The van der Waals surface area contributed by atoms with Crippen LogP contribution in [0.2, 0.25) is 5.15 Å². The molecular formula is C15H17ClFN3. The fraction of sp³-hybridized carbons (Fsp3) is 0.333. The van der Waals surface area contributed by atoms with Crippen molar-refractivity contribution in [2.75, 3.05) is 5.32 Å². The van der Waals surface area contributed by atoms with E-state index in [9.17, 15) is 4.39 Å². The third-order valence-electron chi connectivity index (χ3n) is 3.02. The summed E-state index contributed by atoms with van der Waals surface area (Å²) in [6.45, 7) is 6.21. The zero-order chi connectivity index (χ0) is 14.7. The van der Waals surface area contributed by atoms with Crippen molar-refractivity contribution in [2.24, 2.45) is 0 Å². The second-order valence-corrected chi connectivity index (χ2v) is 5.30. The molecule has 0 aliphatic rings. The van der Waals surface area contributed by atoms with Gasteiger partial charge in [-0.3, -0.25) is 0 Å². The lowest BCUT2D eigenvalue weighted by Gasteiger charge is -2.13. The van der Waals surface area contributed by atoms with E-state index in [0.29, 0.717) is 28.9 Å². The van der Waals surface area contributed by atoms with E-state index in [1.165, 1.54) is 6.07 Å². The maximum Gasteiger partial charge on any atom is 0.137 e. The lowest BCUT2D eigenvalue weighted by atomic mass is 10.2. The first-order chi connectivity index (χ1) is 9.49. The molecule has 2 rings (SSSR count). The molecule has 0 saturated heterocycles. The summed E-state index contributed by atoms with van der Waals surface area (Å²) in [5.74, 6) is 1.28. The lowest BCUT2D eigenvalue weighted by Crippen LogP contribution is -2.09. The number of nitrogens with zero attached hydrogens (tertiary/aromatic N) is 2. The van der Waals surface area contributed by atoms with Crippen LogP contribution in [0, 0.1) is 12.7 Å². The number of hydrogen-bond acceptors (Lipinski definition) is 3. The van der Waals surface area contributed by atoms with Gasteiger partial charge in [-0.1, -0.05) is 43.6 Å². The third-order valence-corrected chi connectivity index (χ3v) is 3.39. The molecule has 5 heteroatoms. The molecule has 0 saturated carbocycles. The minimum atomic E-state index is -0.234. The summed E-state index contributed by atoms with van der Waals surface area (Å²) in [6, 6.07) is 6.65. The number of benzene rings is 1. The van der Waals surface area contributed by atoms with Crippen LogP contribution in [-0.4, -0.2) is 9.97 Å².